The van der Waals surface area contributed by atoms with E-state index in [9.17, 15) is 10.0 Å². The minimum absolute atomic E-state index is 0.0541. The number of nitrogens with zero attached hydrogens (tertiary/aromatic N) is 2. The molecule has 86 valence electrons. The monoisotopic (exact) mass is 213 g/mol. The molecule has 2 fully saturated rings. The number of amides is 2. The lowest BCUT2D eigenvalue weighted by atomic mass is 10.0. The molecule has 2 N–H and O–H groups in total. The van der Waals surface area contributed by atoms with Gasteiger partial charge in [0.05, 0.1) is 12.2 Å². The van der Waals surface area contributed by atoms with Gasteiger partial charge in [0.15, 0.2) is 0 Å². The highest BCUT2D eigenvalue weighted by Crippen LogP contribution is 2.19. The van der Waals surface area contributed by atoms with Crippen LogP contribution in [-0.4, -0.2) is 54.9 Å². The van der Waals surface area contributed by atoms with Gasteiger partial charge in [0.25, 0.3) is 0 Å². The lowest BCUT2D eigenvalue weighted by molar-refractivity contribution is 0.0363. The van der Waals surface area contributed by atoms with E-state index in [0.29, 0.717) is 19.6 Å². The highest BCUT2D eigenvalue weighted by atomic mass is 16.5. The number of likely N-dealkylation sites (N-methyl/N-ethyl adjacent to an activating group) is 1. The predicted octanol–water partition coefficient (Wildman–Crippen LogP) is -0.481. The number of hydroxylamine groups is 2. The topological polar surface area (TPSA) is 70.7 Å². The molecule has 0 aromatic heterocycles. The van der Waals surface area contributed by atoms with E-state index >= 15 is 0 Å². The number of hydrogen-bond acceptors (Lipinski definition) is 4. The Morgan fingerprint density at radius 2 is 2.27 bits per heavy atom. The van der Waals surface area contributed by atoms with Crippen molar-refractivity contribution in [2.45, 2.75) is 25.0 Å². The van der Waals surface area contributed by atoms with E-state index in [4.69, 9.17) is 0 Å². The summed E-state index contributed by atoms with van der Waals surface area (Å²) < 4.78 is 0. The van der Waals surface area contributed by atoms with Crippen molar-refractivity contribution < 1.29 is 4.79 Å². The second-order valence-electron chi connectivity index (χ2n) is 4.18. The van der Waals surface area contributed by atoms with Gasteiger partial charge in [-0.05, 0) is 26.4 Å². The number of urea groups is 1. The highest BCUT2D eigenvalue weighted by molar-refractivity contribution is 5.74. The highest BCUT2D eigenvalue weighted by Gasteiger charge is 2.31. The van der Waals surface area contributed by atoms with Gasteiger partial charge in [0.1, 0.15) is 0 Å². The molecule has 2 atom stereocenters. The van der Waals surface area contributed by atoms with Gasteiger partial charge in [-0.3, -0.25) is 4.90 Å². The van der Waals surface area contributed by atoms with Gasteiger partial charge in [-0.2, -0.15) is 0 Å². The predicted molar refractivity (Wildman–Crippen MR) is 56.0 cm³/mol. The van der Waals surface area contributed by atoms with Crippen LogP contribution in [0.25, 0.3) is 0 Å². The summed E-state index contributed by atoms with van der Waals surface area (Å²) in [6, 6.07) is -0.213. The SMILES string of the molecule is CN1CCNC(=O)NC2CCCN([O-])C21. The van der Waals surface area contributed by atoms with Crippen LogP contribution >= 0.6 is 0 Å². The Labute approximate surface area is 89.2 Å². The van der Waals surface area contributed by atoms with Crippen molar-refractivity contribution in [3.8, 4) is 0 Å². The fourth-order valence-corrected chi connectivity index (χ4v) is 2.32. The van der Waals surface area contributed by atoms with Crippen molar-refractivity contribution in [2.75, 3.05) is 26.7 Å². The van der Waals surface area contributed by atoms with Crippen molar-refractivity contribution in [3.05, 3.63) is 5.21 Å². The van der Waals surface area contributed by atoms with Crippen LogP contribution in [0.1, 0.15) is 12.8 Å². The summed E-state index contributed by atoms with van der Waals surface area (Å²) in [7, 11) is 1.92. The fraction of sp³-hybridized carbons (Fsp3) is 0.889. The molecule has 2 saturated heterocycles. The molecule has 0 aliphatic carbocycles. The van der Waals surface area contributed by atoms with E-state index < -0.39 is 0 Å². The average molecular weight is 213 g/mol. The van der Waals surface area contributed by atoms with Crippen molar-refractivity contribution in [2.24, 2.45) is 0 Å². The summed E-state index contributed by atoms with van der Waals surface area (Å²) in [6.45, 7) is 1.86. The number of piperidine rings is 1. The number of fused-ring (bicyclic) bond motifs is 1. The molecular formula is C9H17N4O2-. The number of carbonyl (C=O) groups is 1. The minimum Gasteiger partial charge on any atom is -0.784 e. The number of hydrogen-bond donors (Lipinski definition) is 2. The largest absolute Gasteiger partial charge is 0.784 e. The zero-order valence-electron chi connectivity index (χ0n) is 8.90. The zero-order valence-corrected chi connectivity index (χ0v) is 8.90. The molecule has 2 unspecified atom stereocenters. The number of rotatable bonds is 0. The Morgan fingerprint density at radius 1 is 1.47 bits per heavy atom. The van der Waals surface area contributed by atoms with Gasteiger partial charge in [-0.1, -0.05) is 0 Å². The van der Waals surface area contributed by atoms with Gasteiger partial charge >= 0.3 is 6.03 Å². The molecular weight excluding hydrogens is 196 g/mol. The summed E-state index contributed by atoms with van der Waals surface area (Å²) in [5.41, 5.74) is 0. The Bertz CT molecular complexity index is 248. The van der Waals surface area contributed by atoms with Crippen molar-refractivity contribution in [1.29, 1.82) is 0 Å². The molecule has 15 heavy (non-hydrogen) atoms. The van der Waals surface area contributed by atoms with Crippen LogP contribution in [0.2, 0.25) is 0 Å². The number of carbonyl (C=O) groups excluding carboxylic acids is 1. The van der Waals surface area contributed by atoms with E-state index in [1.807, 2.05) is 11.9 Å². The zero-order chi connectivity index (χ0) is 10.8. The third kappa shape index (κ3) is 2.22. The molecule has 0 spiro atoms. The van der Waals surface area contributed by atoms with Gasteiger partial charge < -0.3 is 20.9 Å². The third-order valence-corrected chi connectivity index (χ3v) is 3.07. The first-order valence-corrected chi connectivity index (χ1v) is 5.37. The molecule has 0 radical (unpaired) electrons. The van der Waals surface area contributed by atoms with Crippen LogP contribution < -0.4 is 10.6 Å². The first-order valence-electron chi connectivity index (χ1n) is 5.37. The van der Waals surface area contributed by atoms with E-state index in [0.717, 1.165) is 17.9 Å². The fourth-order valence-electron chi connectivity index (χ4n) is 2.32. The molecule has 2 rings (SSSR count). The normalized spacial score (nSPS) is 34.7. The summed E-state index contributed by atoms with van der Waals surface area (Å²) in [4.78, 5) is 13.3. The summed E-state index contributed by atoms with van der Waals surface area (Å²) >= 11 is 0. The Morgan fingerprint density at radius 3 is 3.07 bits per heavy atom. The van der Waals surface area contributed by atoms with Crippen LogP contribution in [0.15, 0.2) is 0 Å². The molecule has 0 bridgehead atoms. The van der Waals surface area contributed by atoms with Crippen LogP contribution in [0.5, 0.6) is 0 Å². The Balaban J connectivity index is 2.12. The Hall–Kier alpha value is -0.850. The van der Waals surface area contributed by atoms with Gasteiger partial charge in [0.2, 0.25) is 0 Å². The average Bonchev–Trinajstić information content (AvgIpc) is 2.15. The van der Waals surface area contributed by atoms with Crippen LogP contribution in [-0.2, 0) is 0 Å². The molecule has 6 nitrogen and oxygen atoms in total. The lowest BCUT2D eigenvalue weighted by Crippen LogP contribution is -2.64. The van der Waals surface area contributed by atoms with E-state index in [1.54, 1.807) is 0 Å². The standard InChI is InChI=1S/C9H17N4O2/c1-12-6-4-10-9(14)11-7-3-2-5-13(15)8(7)12/h7-8H,2-6H2,1H3,(H2,10,11,14)/q-1. The molecule has 2 aliphatic heterocycles. The molecule has 2 aliphatic rings. The smallest absolute Gasteiger partial charge is 0.315 e. The maximum absolute atomic E-state index is 11.7. The van der Waals surface area contributed by atoms with Crippen molar-refractivity contribution >= 4 is 6.03 Å². The van der Waals surface area contributed by atoms with Gasteiger partial charge in [-0.15, -0.1) is 0 Å². The second-order valence-corrected chi connectivity index (χ2v) is 4.18. The van der Waals surface area contributed by atoms with Crippen molar-refractivity contribution in [3.63, 3.8) is 0 Å². The van der Waals surface area contributed by atoms with E-state index in [2.05, 4.69) is 10.6 Å². The summed E-state index contributed by atoms with van der Waals surface area (Å²) in [5.74, 6) is 0. The molecule has 6 heteroatoms. The Kier molecular flexibility index (Phi) is 3.08. The van der Waals surface area contributed by atoms with Crippen LogP contribution in [0.4, 0.5) is 4.79 Å². The molecule has 2 heterocycles. The lowest BCUT2D eigenvalue weighted by Gasteiger charge is -2.50. The second kappa shape index (κ2) is 4.34. The molecule has 2 amide bonds. The maximum atomic E-state index is 11.7. The third-order valence-electron chi connectivity index (χ3n) is 3.07. The quantitative estimate of drug-likeness (QED) is 0.570. The van der Waals surface area contributed by atoms with Gasteiger partial charge in [0, 0.05) is 13.1 Å². The number of nitrogens with one attached hydrogen (secondary N) is 2. The molecule has 0 aromatic carbocycles. The molecule has 0 saturated carbocycles. The van der Waals surface area contributed by atoms with E-state index in [-0.39, 0.29) is 18.2 Å². The first kappa shape index (κ1) is 10.7. The van der Waals surface area contributed by atoms with Crippen molar-refractivity contribution in [1.82, 2.24) is 20.6 Å². The summed E-state index contributed by atoms with van der Waals surface area (Å²) in [6.07, 6.45) is 1.52. The van der Waals surface area contributed by atoms with Gasteiger partial charge in [-0.25, -0.2) is 4.79 Å². The minimum atomic E-state index is -0.204. The van der Waals surface area contributed by atoms with E-state index in [1.165, 1.54) is 0 Å². The summed E-state index contributed by atoms with van der Waals surface area (Å²) in [5, 5.41) is 18.4. The first-order chi connectivity index (χ1) is 7.18. The van der Waals surface area contributed by atoms with Crippen LogP contribution in [0.3, 0.4) is 0 Å². The maximum Gasteiger partial charge on any atom is 0.315 e. The molecule has 0 aromatic rings. The van der Waals surface area contributed by atoms with Crippen LogP contribution in [0, 0.1) is 5.21 Å².